The molecule has 4 aromatic rings. The van der Waals surface area contributed by atoms with Crippen molar-refractivity contribution in [3.63, 3.8) is 0 Å². The zero-order chi connectivity index (χ0) is 29.5. The molecule has 0 radical (unpaired) electrons. The molecule has 4 amide bonds. The van der Waals surface area contributed by atoms with Gasteiger partial charge in [0.2, 0.25) is 0 Å². The molecule has 1 atom stereocenters. The number of aryl methyl sites for hydroxylation is 4. The van der Waals surface area contributed by atoms with Crippen molar-refractivity contribution in [3.8, 4) is 0 Å². The number of nitrogens with zero attached hydrogens (tertiary/aromatic N) is 4. The van der Waals surface area contributed by atoms with Crippen LogP contribution >= 0.6 is 0 Å². The lowest BCUT2D eigenvalue weighted by Gasteiger charge is -2.43. The van der Waals surface area contributed by atoms with E-state index in [-0.39, 0.29) is 25.7 Å². The highest BCUT2D eigenvalue weighted by Crippen LogP contribution is 2.39. The van der Waals surface area contributed by atoms with Crippen LogP contribution in [-0.4, -0.2) is 58.6 Å². The zero-order valence-electron chi connectivity index (χ0n) is 23.7. The smallest absolute Gasteiger partial charge is 0.329 e. The molecule has 4 aromatic carbocycles. The molecule has 3 aliphatic rings. The molecule has 1 N–H and O–H groups in total. The predicted molar refractivity (Wildman–Crippen MR) is 165 cm³/mol. The molecule has 43 heavy (non-hydrogen) atoms. The van der Waals surface area contributed by atoms with Crippen LogP contribution in [-0.2, 0) is 30.5 Å². The van der Waals surface area contributed by atoms with Crippen molar-refractivity contribution in [2.45, 2.75) is 31.7 Å². The molecule has 8 heteroatoms. The summed E-state index contributed by atoms with van der Waals surface area (Å²) < 4.78 is 0. The molecule has 0 saturated carbocycles. The minimum absolute atomic E-state index is 0.0967. The van der Waals surface area contributed by atoms with Gasteiger partial charge in [0.25, 0.3) is 0 Å². The van der Waals surface area contributed by atoms with Crippen LogP contribution in [0.4, 0.5) is 32.3 Å². The third-order valence-corrected chi connectivity index (χ3v) is 8.82. The number of hydrogen-bond acceptors (Lipinski definition) is 3. The maximum absolute atomic E-state index is 14.4. The van der Waals surface area contributed by atoms with E-state index < -0.39 is 18.0 Å². The van der Waals surface area contributed by atoms with E-state index in [1.165, 1.54) is 4.90 Å². The van der Waals surface area contributed by atoms with Gasteiger partial charge in [0.05, 0.1) is 29.3 Å². The largest absolute Gasteiger partial charge is 0.480 e. The predicted octanol–water partition coefficient (Wildman–Crippen LogP) is 6.17. The third kappa shape index (κ3) is 4.69. The van der Waals surface area contributed by atoms with Gasteiger partial charge in [-0.1, -0.05) is 72.8 Å². The number of aliphatic carboxylic acids is 1. The Labute approximate surface area is 250 Å². The number of anilines is 4. The second-order valence-corrected chi connectivity index (χ2v) is 11.2. The number of amides is 4. The van der Waals surface area contributed by atoms with E-state index in [1.807, 2.05) is 97.1 Å². The van der Waals surface area contributed by atoms with Crippen molar-refractivity contribution in [2.24, 2.45) is 0 Å². The first-order valence-electron chi connectivity index (χ1n) is 14.8. The van der Waals surface area contributed by atoms with Crippen LogP contribution in [0.15, 0.2) is 97.1 Å². The molecule has 0 bridgehead atoms. The number of urea groups is 2. The number of fused-ring (bicyclic) bond motifs is 4. The van der Waals surface area contributed by atoms with Crippen molar-refractivity contribution < 1.29 is 19.5 Å². The Hall–Kier alpha value is -5.11. The first-order valence-corrected chi connectivity index (χ1v) is 14.8. The number of carbonyl (C=O) groups excluding carboxylic acids is 2. The monoisotopic (exact) mass is 572 g/mol. The SMILES string of the molecule is O=C(O)[C@@H]1CN(C(=O)N2c3ccccc3CCc3ccccc32)CCN1C(=O)N1c2ccccc2CCc2ccccc21. The zero-order valence-corrected chi connectivity index (χ0v) is 23.7. The number of para-hydroxylation sites is 4. The average Bonchev–Trinajstić information content (AvgIpc) is 3.32. The summed E-state index contributed by atoms with van der Waals surface area (Å²) in [6.45, 7) is 0.198. The van der Waals surface area contributed by atoms with Crippen LogP contribution in [0, 0.1) is 0 Å². The Bertz CT molecular complexity index is 1640. The molecule has 8 nitrogen and oxygen atoms in total. The number of rotatable bonds is 1. The van der Waals surface area contributed by atoms with E-state index in [1.54, 1.807) is 14.7 Å². The van der Waals surface area contributed by atoms with Crippen molar-refractivity contribution in [2.75, 3.05) is 29.4 Å². The summed E-state index contributed by atoms with van der Waals surface area (Å²) in [6, 6.07) is 29.4. The van der Waals surface area contributed by atoms with Crippen LogP contribution in [0.2, 0.25) is 0 Å². The summed E-state index contributed by atoms with van der Waals surface area (Å²) in [7, 11) is 0. The fourth-order valence-electron chi connectivity index (χ4n) is 6.64. The minimum atomic E-state index is -1.20. The standard InChI is InChI=1S/C35H32N4O4/c40-33(41)32-23-36(34(42)38-28-13-5-1-9-24(28)17-18-25-10-2-6-14-29(25)38)21-22-37(32)35(43)39-30-15-7-3-11-26(30)19-20-27-12-4-8-16-31(27)39/h1-16,32H,17-23H2,(H,40,41)/t32-/m0/s1. The van der Waals surface area contributed by atoms with Crippen molar-refractivity contribution in [3.05, 3.63) is 119 Å². The van der Waals surface area contributed by atoms with Crippen LogP contribution in [0.25, 0.3) is 0 Å². The van der Waals surface area contributed by atoms with Gasteiger partial charge in [-0.2, -0.15) is 0 Å². The van der Waals surface area contributed by atoms with Gasteiger partial charge in [0.1, 0.15) is 6.04 Å². The number of benzene rings is 4. The van der Waals surface area contributed by atoms with Gasteiger partial charge in [-0.05, 0) is 72.2 Å². The molecule has 0 aliphatic carbocycles. The molecule has 3 heterocycles. The van der Waals surface area contributed by atoms with E-state index in [0.29, 0.717) is 0 Å². The minimum Gasteiger partial charge on any atom is -0.480 e. The average molecular weight is 573 g/mol. The first-order chi connectivity index (χ1) is 21.0. The van der Waals surface area contributed by atoms with Gasteiger partial charge in [-0.25, -0.2) is 14.4 Å². The highest BCUT2D eigenvalue weighted by atomic mass is 16.4. The van der Waals surface area contributed by atoms with Crippen LogP contribution in [0.1, 0.15) is 22.3 Å². The lowest BCUT2D eigenvalue weighted by atomic mass is 10.0. The maximum atomic E-state index is 14.4. The molecule has 0 unspecified atom stereocenters. The van der Waals surface area contributed by atoms with Crippen molar-refractivity contribution >= 4 is 40.8 Å². The van der Waals surface area contributed by atoms with Crippen LogP contribution in [0.5, 0.6) is 0 Å². The maximum Gasteiger partial charge on any atom is 0.329 e. The third-order valence-electron chi connectivity index (χ3n) is 8.82. The summed E-state index contributed by atoms with van der Waals surface area (Å²) >= 11 is 0. The molecule has 3 aliphatic heterocycles. The molecule has 1 saturated heterocycles. The first kappa shape index (κ1) is 26.8. The number of piperazine rings is 1. The lowest BCUT2D eigenvalue weighted by Crippen LogP contribution is -2.62. The lowest BCUT2D eigenvalue weighted by molar-refractivity contribution is -0.143. The Balaban J connectivity index is 1.22. The fraction of sp³-hybridized carbons (Fsp3) is 0.229. The van der Waals surface area contributed by atoms with Crippen molar-refractivity contribution in [1.29, 1.82) is 0 Å². The van der Waals surface area contributed by atoms with Gasteiger partial charge >= 0.3 is 18.0 Å². The fourth-order valence-corrected chi connectivity index (χ4v) is 6.64. The second-order valence-electron chi connectivity index (χ2n) is 11.2. The molecular formula is C35H32N4O4. The highest BCUT2D eigenvalue weighted by Gasteiger charge is 2.42. The molecule has 0 aromatic heterocycles. The van der Waals surface area contributed by atoms with E-state index in [0.717, 1.165) is 70.7 Å². The summed E-state index contributed by atoms with van der Waals surface area (Å²) in [5.74, 6) is -1.14. The summed E-state index contributed by atoms with van der Waals surface area (Å²) in [5.41, 5.74) is 7.33. The second kappa shape index (κ2) is 10.9. The summed E-state index contributed by atoms with van der Waals surface area (Å²) in [6.07, 6.45) is 3.16. The molecule has 0 spiro atoms. The normalized spacial score (nSPS) is 17.5. The van der Waals surface area contributed by atoms with Crippen LogP contribution in [0.3, 0.4) is 0 Å². The van der Waals surface area contributed by atoms with Gasteiger partial charge < -0.3 is 14.9 Å². The Morgan fingerprint density at radius 2 is 0.907 bits per heavy atom. The van der Waals surface area contributed by atoms with Crippen LogP contribution < -0.4 is 9.80 Å². The van der Waals surface area contributed by atoms with Gasteiger partial charge in [-0.15, -0.1) is 0 Å². The Morgan fingerprint density at radius 3 is 1.30 bits per heavy atom. The molecule has 1 fully saturated rings. The summed E-state index contributed by atoms with van der Waals surface area (Å²) in [4.78, 5) is 47.8. The van der Waals surface area contributed by atoms with Gasteiger partial charge in [0.15, 0.2) is 0 Å². The van der Waals surface area contributed by atoms with E-state index in [4.69, 9.17) is 0 Å². The van der Waals surface area contributed by atoms with E-state index >= 15 is 0 Å². The molecular weight excluding hydrogens is 540 g/mol. The number of carboxylic acids is 1. The highest BCUT2D eigenvalue weighted by molar-refractivity contribution is 6.04. The number of carboxylic acid groups (broad SMARTS) is 1. The number of hydrogen-bond donors (Lipinski definition) is 1. The Morgan fingerprint density at radius 1 is 0.535 bits per heavy atom. The summed E-state index contributed by atoms with van der Waals surface area (Å²) in [5, 5.41) is 10.4. The molecule has 7 rings (SSSR count). The van der Waals surface area contributed by atoms with Gasteiger partial charge in [0, 0.05) is 13.1 Å². The molecule has 216 valence electrons. The quantitative estimate of drug-likeness (QED) is 0.296. The van der Waals surface area contributed by atoms with E-state index in [2.05, 4.69) is 0 Å². The Kier molecular flexibility index (Phi) is 6.81. The topological polar surface area (TPSA) is 84.4 Å². The van der Waals surface area contributed by atoms with Crippen molar-refractivity contribution in [1.82, 2.24) is 9.80 Å². The van der Waals surface area contributed by atoms with E-state index in [9.17, 15) is 19.5 Å². The number of carbonyl (C=O) groups is 3. The van der Waals surface area contributed by atoms with Gasteiger partial charge in [-0.3, -0.25) is 9.80 Å².